The van der Waals surface area contributed by atoms with Crippen LogP contribution >= 0.6 is 0 Å². The molecule has 1 aliphatic carbocycles. The summed E-state index contributed by atoms with van der Waals surface area (Å²) >= 11 is 0. The van der Waals surface area contributed by atoms with Crippen molar-refractivity contribution in [2.75, 3.05) is 25.9 Å². The van der Waals surface area contributed by atoms with Gasteiger partial charge in [0.25, 0.3) is 0 Å². The number of carbonyl (C=O) groups excluding carboxylic acids is 1. The lowest BCUT2D eigenvalue weighted by Crippen LogP contribution is -2.56. The lowest BCUT2D eigenvalue weighted by atomic mass is 9.87. The molecule has 1 aromatic rings. The Morgan fingerprint density at radius 2 is 2.05 bits per heavy atom. The van der Waals surface area contributed by atoms with Crippen LogP contribution in [0.15, 0.2) is 18.5 Å². The molecule has 1 saturated carbocycles. The summed E-state index contributed by atoms with van der Waals surface area (Å²) < 4.78 is 26.5. The van der Waals surface area contributed by atoms with E-state index in [2.05, 4.69) is 10.4 Å². The second kappa shape index (κ2) is 5.66. The number of carbonyl (C=O) groups is 1. The van der Waals surface area contributed by atoms with E-state index in [1.807, 2.05) is 0 Å². The summed E-state index contributed by atoms with van der Waals surface area (Å²) in [6, 6.07) is 1.79. The van der Waals surface area contributed by atoms with Gasteiger partial charge in [0, 0.05) is 32.0 Å². The first-order valence-corrected chi connectivity index (χ1v) is 9.50. The van der Waals surface area contributed by atoms with Gasteiger partial charge in [0.15, 0.2) is 0 Å². The standard InChI is InChI=1S/C14H22N4O3S/c1-22(20,21)17-9-5-14(6-10-17,18-8-2-7-16-18)13(19)15-11-12-3-4-12/h2,7-8,12H,3-6,9-11H2,1H3,(H,15,19). The molecule has 0 radical (unpaired) electrons. The Kier molecular flexibility index (Phi) is 3.98. The highest BCUT2D eigenvalue weighted by molar-refractivity contribution is 7.88. The van der Waals surface area contributed by atoms with Crippen molar-refractivity contribution in [1.29, 1.82) is 0 Å². The van der Waals surface area contributed by atoms with E-state index in [4.69, 9.17) is 0 Å². The van der Waals surface area contributed by atoms with Gasteiger partial charge in [-0.15, -0.1) is 0 Å². The van der Waals surface area contributed by atoms with Crippen molar-refractivity contribution in [1.82, 2.24) is 19.4 Å². The summed E-state index contributed by atoms with van der Waals surface area (Å²) in [5.74, 6) is 0.561. The zero-order valence-corrected chi connectivity index (χ0v) is 13.6. The smallest absolute Gasteiger partial charge is 0.248 e. The highest BCUT2D eigenvalue weighted by Gasteiger charge is 2.45. The molecule has 122 valence electrons. The van der Waals surface area contributed by atoms with Crippen LogP contribution in [0.2, 0.25) is 0 Å². The number of hydrogen-bond donors (Lipinski definition) is 1. The Bertz CT molecular complexity index is 629. The van der Waals surface area contributed by atoms with Gasteiger partial charge >= 0.3 is 0 Å². The minimum Gasteiger partial charge on any atom is -0.354 e. The molecule has 1 amide bonds. The van der Waals surface area contributed by atoms with Crippen LogP contribution in [0, 0.1) is 5.92 Å². The molecule has 1 aliphatic heterocycles. The van der Waals surface area contributed by atoms with E-state index >= 15 is 0 Å². The maximum atomic E-state index is 12.8. The summed E-state index contributed by atoms with van der Waals surface area (Å²) in [5, 5.41) is 7.28. The van der Waals surface area contributed by atoms with Crippen molar-refractivity contribution < 1.29 is 13.2 Å². The summed E-state index contributed by atoms with van der Waals surface area (Å²) in [7, 11) is -3.21. The predicted octanol–water partition coefficient (Wildman–Crippen LogP) is 0.160. The number of nitrogens with one attached hydrogen (secondary N) is 1. The van der Waals surface area contributed by atoms with Crippen molar-refractivity contribution in [3.63, 3.8) is 0 Å². The van der Waals surface area contributed by atoms with E-state index in [9.17, 15) is 13.2 Å². The first-order valence-electron chi connectivity index (χ1n) is 7.65. The Morgan fingerprint density at radius 3 is 2.55 bits per heavy atom. The van der Waals surface area contributed by atoms with Crippen molar-refractivity contribution in [2.24, 2.45) is 5.92 Å². The Morgan fingerprint density at radius 1 is 1.36 bits per heavy atom. The van der Waals surface area contributed by atoms with Gasteiger partial charge in [0.05, 0.1) is 6.26 Å². The van der Waals surface area contributed by atoms with Crippen molar-refractivity contribution in [3.8, 4) is 0 Å². The third-order valence-corrected chi connectivity index (χ3v) is 5.94. The lowest BCUT2D eigenvalue weighted by molar-refractivity contribution is -0.132. The van der Waals surface area contributed by atoms with Crippen LogP contribution in [0.25, 0.3) is 0 Å². The van der Waals surface area contributed by atoms with Crippen LogP contribution in [0.3, 0.4) is 0 Å². The summed E-state index contributed by atoms with van der Waals surface area (Å²) in [4.78, 5) is 12.8. The molecule has 0 atom stereocenters. The molecule has 1 aromatic heterocycles. The molecule has 2 aliphatic rings. The Hall–Kier alpha value is -1.41. The zero-order valence-electron chi connectivity index (χ0n) is 12.7. The highest BCUT2D eigenvalue weighted by Crippen LogP contribution is 2.32. The number of rotatable bonds is 5. The van der Waals surface area contributed by atoms with Gasteiger partial charge < -0.3 is 5.32 Å². The molecular weight excluding hydrogens is 304 g/mol. The van der Waals surface area contributed by atoms with Crippen LogP contribution in [0.4, 0.5) is 0 Å². The van der Waals surface area contributed by atoms with Gasteiger partial charge in [0.2, 0.25) is 15.9 Å². The van der Waals surface area contributed by atoms with Crippen LogP contribution in [-0.2, 0) is 20.4 Å². The normalized spacial score (nSPS) is 22.4. The van der Waals surface area contributed by atoms with E-state index in [1.54, 1.807) is 23.1 Å². The summed E-state index contributed by atoms with van der Waals surface area (Å²) in [5.41, 5.74) is -0.778. The molecule has 3 rings (SSSR count). The van der Waals surface area contributed by atoms with Crippen molar-refractivity contribution in [3.05, 3.63) is 18.5 Å². The molecule has 8 heteroatoms. The van der Waals surface area contributed by atoms with Gasteiger partial charge in [-0.1, -0.05) is 0 Å². The molecule has 7 nitrogen and oxygen atoms in total. The minimum absolute atomic E-state index is 0.0451. The van der Waals surface area contributed by atoms with Crippen LogP contribution in [0.5, 0.6) is 0 Å². The number of aromatic nitrogens is 2. The molecule has 0 bridgehead atoms. The first kappa shape index (κ1) is 15.5. The average Bonchev–Trinajstić information content (AvgIpc) is 3.14. The van der Waals surface area contributed by atoms with Gasteiger partial charge in [0.1, 0.15) is 5.54 Å². The SMILES string of the molecule is CS(=O)(=O)N1CCC(C(=O)NCC2CC2)(n2cccn2)CC1. The van der Waals surface area contributed by atoms with Crippen molar-refractivity contribution >= 4 is 15.9 Å². The molecule has 2 heterocycles. The number of hydrogen-bond acceptors (Lipinski definition) is 4. The van der Waals surface area contributed by atoms with Crippen LogP contribution < -0.4 is 5.32 Å². The number of sulfonamides is 1. The molecule has 22 heavy (non-hydrogen) atoms. The largest absolute Gasteiger partial charge is 0.354 e. The third kappa shape index (κ3) is 3.03. The second-order valence-corrected chi connectivity index (χ2v) is 8.28. The fourth-order valence-electron chi connectivity index (χ4n) is 2.99. The van der Waals surface area contributed by atoms with Crippen LogP contribution in [0.1, 0.15) is 25.7 Å². The third-order valence-electron chi connectivity index (χ3n) is 4.63. The molecular formula is C14H22N4O3S. The number of amides is 1. The monoisotopic (exact) mass is 326 g/mol. The second-order valence-electron chi connectivity index (χ2n) is 6.30. The molecule has 0 unspecified atom stereocenters. The van der Waals surface area contributed by atoms with Gasteiger partial charge in [-0.25, -0.2) is 12.7 Å². The predicted molar refractivity (Wildman–Crippen MR) is 81.6 cm³/mol. The quantitative estimate of drug-likeness (QED) is 0.835. The summed E-state index contributed by atoms with van der Waals surface area (Å²) in [6.07, 6.45) is 7.89. The summed E-state index contributed by atoms with van der Waals surface area (Å²) in [6.45, 7) is 1.39. The molecule has 1 saturated heterocycles. The number of piperidine rings is 1. The topological polar surface area (TPSA) is 84.3 Å². The van der Waals surface area contributed by atoms with Crippen molar-refractivity contribution in [2.45, 2.75) is 31.2 Å². The van der Waals surface area contributed by atoms with E-state index in [0.29, 0.717) is 38.4 Å². The van der Waals surface area contributed by atoms with Crippen LogP contribution in [-0.4, -0.2) is 54.3 Å². The van der Waals surface area contributed by atoms with Gasteiger partial charge in [-0.2, -0.15) is 5.10 Å². The van der Waals surface area contributed by atoms with E-state index in [0.717, 1.165) is 0 Å². The lowest BCUT2D eigenvalue weighted by Gasteiger charge is -2.39. The molecule has 0 aromatic carbocycles. The fourth-order valence-corrected chi connectivity index (χ4v) is 3.84. The average molecular weight is 326 g/mol. The maximum absolute atomic E-state index is 12.8. The van der Waals surface area contributed by atoms with E-state index in [-0.39, 0.29) is 5.91 Å². The van der Waals surface area contributed by atoms with Gasteiger partial charge in [-0.05, 0) is 37.7 Å². The Balaban J connectivity index is 1.78. The van der Waals surface area contributed by atoms with E-state index in [1.165, 1.54) is 23.4 Å². The Labute approximate surface area is 130 Å². The molecule has 0 spiro atoms. The number of nitrogens with zero attached hydrogens (tertiary/aromatic N) is 3. The zero-order chi connectivity index (χ0) is 15.8. The fraction of sp³-hybridized carbons (Fsp3) is 0.714. The van der Waals surface area contributed by atoms with Gasteiger partial charge in [-0.3, -0.25) is 9.48 Å². The van der Waals surface area contributed by atoms with E-state index < -0.39 is 15.6 Å². The molecule has 2 fully saturated rings. The first-order chi connectivity index (χ1) is 10.4. The maximum Gasteiger partial charge on any atom is 0.248 e. The highest BCUT2D eigenvalue weighted by atomic mass is 32.2. The molecule has 1 N–H and O–H groups in total. The minimum atomic E-state index is -3.21.